The van der Waals surface area contributed by atoms with Crippen LogP contribution in [0.2, 0.25) is 0 Å². The van der Waals surface area contributed by atoms with Gasteiger partial charge in [-0.3, -0.25) is 4.79 Å². The highest BCUT2D eigenvalue weighted by Crippen LogP contribution is 1.95. The first-order valence-corrected chi connectivity index (χ1v) is 5.24. The molecule has 0 aromatic carbocycles. The average molecular weight is 231 g/mol. The minimum Gasteiger partial charge on any atom is -0.481 e. The van der Waals surface area contributed by atoms with E-state index in [0.717, 1.165) is 0 Å². The molecule has 5 heteroatoms. The molecule has 0 unspecified atom stereocenters. The summed E-state index contributed by atoms with van der Waals surface area (Å²) in [5.74, 6) is -2.44. The van der Waals surface area contributed by atoms with E-state index < -0.39 is 18.4 Å². The summed E-state index contributed by atoms with van der Waals surface area (Å²) in [5.41, 5.74) is -0.303. The van der Waals surface area contributed by atoms with Gasteiger partial charge in [0.05, 0.1) is 6.42 Å². The number of hydrogen-bond donors (Lipinski definition) is 2. The molecule has 0 saturated carbocycles. The third-order valence-corrected chi connectivity index (χ3v) is 2.01. The molecule has 0 radical (unpaired) electrons. The Balaban J connectivity index is 0. The predicted molar refractivity (Wildman–Crippen MR) is 62.5 cm³/mol. The molecule has 0 fully saturated rings. The van der Waals surface area contributed by atoms with E-state index in [0.29, 0.717) is 0 Å². The van der Waals surface area contributed by atoms with Crippen LogP contribution in [0.5, 0.6) is 0 Å². The molecule has 0 aliphatic heterocycles. The van der Waals surface area contributed by atoms with Crippen LogP contribution >= 0.6 is 0 Å². The van der Waals surface area contributed by atoms with Gasteiger partial charge in [0.25, 0.3) is 0 Å². The molecule has 16 heavy (non-hydrogen) atoms. The van der Waals surface area contributed by atoms with Gasteiger partial charge in [-0.25, -0.2) is 4.79 Å². The van der Waals surface area contributed by atoms with Crippen LogP contribution in [-0.2, 0) is 9.59 Å². The van der Waals surface area contributed by atoms with Gasteiger partial charge in [0, 0.05) is 5.57 Å². The summed E-state index contributed by atoms with van der Waals surface area (Å²) in [4.78, 5) is 22.0. The fourth-order valence-electron chi connectivity index (χ4n) is 0.929. The first-order valence-electron chi connectivity index (χ1n) is 5.24. The minimum absolute atomic E-state index is 0.303. The summed E-state index contributed by atoms with van der Waals surface area (Å²) < 4.78 is 0. The van der Waals surface area contributed by atoms with Crippen molar-refractivity contribution in [2.75, 3.05) is 19.6 Å². The molecule has 2 N–H and O–H groups in total. The smallest absolute Gasteiger partial charge is 0.331 e. The quantitative estimate of drug-likeness (QED) is 0.676. The highest BCUT2D eigenvalue weighted by Gasteiger charge is 2.07. The first kappa shape index (κ1) is 17.0. The normalized spacial score (nSPS) is 9.25. The fourth-order valence-corrected chi connectivity index (χ4v) is 0.929. The third kappa shape index (κ3) is 10.7. The van der Waals surface area contributed by atoms with Crippen LogP contribution < -0.4 is 0 Å². The summed E-state index contributed by atoms with van der Waals surface area (Å²) in [6, 6.07) is 0. The highest BCUT2D eigenvalue weighted by molar-refractivity contribution is 5.91. The second-order valence-corrected chi connectivity index (χ2v) is 3.10. The van der Waals surface area contributed by atoms with E-state index in [4.69, 9.17) is 10.2 Å². The summed E-state index contributed by atoms with van der Waals surface area (Å²) in [5, 5.41) is 16.1. The molecule has 5 nitrogen and oxygen atoms in total. The lowest BCUT2D eigenvalue weighted by Crippen LogP contribution is -2.21. The van der Waals surface area contributed by atoms with Gasteiger partial charge in [0.1, 0.15) is 0 Å². The second kappa shape index (κ2) is 10.2. The Bertz CT molecular complexity index is 229. The average Bonchev–Trinajstić information content (AvgIpc) is 2.20. The highest BCUT2D eigenvalue weighted by atomic mass is 16.4. The van der Waals surface area contributed by atoms with E-state index in [1.54, 1.807) is 0 Å². The van der Waals surface area contributed by atoms with Crippen molar-refractivity contribution in [1.82, 2.24) is 4.90 Å². The van der Waals surface area contributed by atoms with Gasteiger partial charge in [-0.05, 0) is 19.6 Å². The molecule has 0 spiro atoms. The Kier molecular flexibility index (Phi) is 10.8. The zero-order chi connectivity index (χ0) is 13.1. The Morgan fingerprint density at radius 1 is 1.06 bits per heavy atom. The van der Waals surface area contributed by atoms with E-state index in [1.807, 2.05) is 0 Å². The van der Waals surface area contributed by atoms with E-state index in [9.17, 15) is 9.59 Å². The number of carbonyl (C=O) groups is 2. The van der Waals surface area contributed by atoms with Crippen LogP contribution in [0.25, 0.3) is 0 Å². The molecule has 0 aliphatic rings. The van der Waals surface area contributed by atoms with Crippen LogP contribution in [0.1, 0.15) is 27.2 Å². The molecule has 0 atom stereocenters. The Labute approximate surface area is 96.4 Å². The van der Waals surface area contributed by atoms with Gasteiger partial charge in [-0.2, -0.15) is 0 Å². The first-order chi connectivity index (χ1) is 7.38. The lowest BCUT2D eigenvalue weighted by molar-refractivity contribution is -0.139. The fraction of sp³-hybridized carbons (Fsp3) is 0.636. The van der Waals surface area contributed by atoms with Crippen molar-refractivity contribution in [3.05, 3.63) is 12.2 Å². The van der Waals surface area contributed by atoms with E-state index >= 15 is 0 Å². The van der Waals surface area contributed by atoms with Crippen molar-refractivity contribution < 1.29 is 19.8 Å². The summed E-state index contributed by atoms with van der Waals surface area (Å²) in [6.07, 6.45) is -0.505. The maximum Gasteiger partial charge on any atom is 0.331 e. The monoisotopic (exact) mass is 231 g/mol. The topological polar surface area (TPSA) is 77.8 Å². The van der Waals surface area contributed by atoms with Crippen LogP contribution in [0.15, 0.2) is 12.2 Å². The van der Waals surface area contributed by atoms with Crippen molar-refractivity contribution in [3.63, 3.8) is 0 Å². The maximum absolute atomic E-state index is 9.87. The van der Waals surface area contributed by atoms with E-state index in [-0.39, 0.29) is 5.57 Å². The summed E-state index contributed by atoms with van der Waals surface area (Å²) >= 11 is 0. The molecule has 0 aromatic heterocycles. The van der Waals surface area contributed by atoms with Crippen LogP contribution in [0, 0.1) is 0 Å². The Hall–Kier alpha value is -1.36. The molecular formula is C11H21NO4. The van der Waals surface area contributed by atoms with Gasteiger partial charge in [0.2, 0.25) is 0 Å². The molecule has 94 valence electrons. The van der Waals surface area contributed by atoms with Crippen LogP contribution in [0.3, 0.4) is 0 Å². The molecule has 0 saturated heterocycles. The predicted octanol–water partition coefficient (Wildman–Crippen LogP) is 1.45. The van der Waals surface area contributed by atoms with Crippen molar-refractivity contribution in [3.8, 4) is 0 Å². The molecule has 0 bridgehead atoms. The number of carboxylic acid groups (broad SMARTS) is 2. The molecule has 0 heterocycles. The second-order valence-electron chi connectivity index (χ2n) is 3.10. The van der Waals surface area contributed by atoms with E-state index in [2.05, 4.69) is 32.3 Å². The van der Waals surface area contributed by atoms with Crippen LogP contribution in [0.4, 0.5) is 0 Å². The van der Waals surface area contributed by atoms with Crippen molar-refractivity contribution in [2.24, 2.45) is 0 Å². The minimum atomic E-state index is -1.27. The number of carboxylic acids is 2. The Morgan fingerprint density at radius 3 is 1.50 bits per heavy atom. The summed E-state index contributed by atoms with van der Waals surface area (Å²) in [6.45, 7) is 13.1. The molecular weight excluding hydrogens is 210 g/mol. The molecule has 0 aromatic rings. The number of nitrogens with zero attached hydrogens (tertiary/aromatic N) is 1. The number of rotatable bonds is 6. The van der Waals surface area contributed by atoms with Crippen molar-refractivity contribution >= 4 is 11.9 Å². The maximum atomic E-state index is 9.87. The zero-order valence-electron chi connectivity index (χ0n) is 10.2. The SMILES string of the molecule is C=C(CC(=O)O)C(=O)O.CCN(CC)CC. The van der Waals surface area contributed by atoms with Gasteiger partial charge in [0.15, 0.2) is 0 Å². The lowest BCUT2D eigenvalue weighted by atomic mass is 10.2. The van der Waals surface area contributed by atoms with Gasteiger partial charge in [-0.15, -0.1) is 0 Å². The Morgan fingerprint density at radius 2 is 1.44 bits per heavy atom. The number of hydrogen-bond acceptors (Lipinski definition) is 3. The summed E-state index contributed by atoms with van der Waals surface area (Å²) in [7, 11) is 0. The standard InChI is InChI=1S/C6H15N.C5H6O4/c1-4-7(5-2)6-3;1-3(5(8)9)2-4(6)7/h4-6H2,1-3H3;1-2H2,(H,6,7)(H,8,9). The number of aliphatic carboxylic acids is 2. The van der Waals surface area contributed by atoms with Gasteiger partial charge < -0.3 is 15.1 Å². The van der Waals surface area contributed by atoms with Gasteiger partial charge >= 0.3 is 11.9 Å². The van der Waals surface area contributed by atoms with Crippen LogP contribution in [-0.4, -0.2) is 46.7 Å². The van der Waals surface area contributed by atoms with Crippen molar-refractivity contribution in [2.45, 2.75) is 27.2 Å². The molecule has 0 rings (SSSR count). The van der Waals surface area contributed by atoms with Crippen molar-refractivity contribution in [1.29, 1.82) is 0 Å². The lowest BCUT2D eigenvalue weighted by Gasteiger charge is -2.13. The zero-order valence-corrected chi connectivity index (χ0v) is 10.2. The molecule has 0 aliphatic carbocycles. The van der Waals surface area contributed by atoms with Gasteiger partial charge in [-0.1, -0.05) is 27.4 Å². The van der Waals surface area contributed by atoms with E-state index in [1.165, 1.54) is 19.6 Å². The molecule has 0 amide bonds. The third-order valence-electron chi connectivity index (χ3n) is 2.01. The largest absolute Gasteiger partial charge is 0.481 e.